The van der Waals surface area contributed by atoms with Crippen molar-refractivity contribution in [2.24, 2.45) is 11.5 Å². The van der Waals surface area contributed by atoms with Gasteiger partial charge in [0.25, 0.3) is 0 Å². The molecule has 0 aliphatic heterocycles. The van der Waals surface area contributed by atoms with Crippen LogP contribution in [0.15, 0.2) is 0 Å². The summed E-state index contributed by atoms with van der Waals surface area (Å²) in [6.45, 7) is 2.39. The van der Waals surface area contributed by atoms with Gasteiger partial charge >= 0.3 is 0 Å². The molecule has 76 valence electrons. The second-order valence-electron chi connectivity index (χ2n) is 2.64. The van der Waals surface area contributed by atoms with Gasteiger partial charge in [-0.05, 0) is 6.92 Å². The Labute approximate surface area is 82.1 Å². The van der Waals surface area contributed by atoms with Crippen molar-refractivity contribution in [2.75, 3.05) is 18.1 Å². The number of nitrogens with two attached hydrogens (primary N) is 2. The monoisotopic (exact) mass is 204 g/mol. The molecule has 13 heavy (non-hydrogen) atoms. The van der Waals surface area contributed by atoms with Crippen molar-refractivity contribution >= 4 is 23.5 Å². The van der Waals surface area contributed by atoms with Gasteiger partial charge < -0.3 is 16.8 Å². The molecule has 0 aliphatic carbocycles. The quantitative estimate of drug-likeness (QED) is 0.256. The molecular weight excluding hydrogens is 188 g/mol. The van der Waals surface area contributed by atoms with E-state index in [9.17, 15) is 4.79 Å². The molecular formula is C7H16N4OS. The van der Waals surface area contributed by atoms with E-state index in [4.69, 9.17) is 16.9 Å². The zero-order valence-corrected chi connectivity index (χ0v) is 8.49. The molecule has 0 aliphatic rings. The summed E-state index contributed by atoms with van der Waals surface area (Å²) in [5.41, 5.74) is 10.4. The van der Waals surface area contributed by atoms with Gasteiger partial charge in [0, 0.05) is 18.1 Å². The van der Waals surface area contributed by atoms with Crippen LogP contribution in [-0.4, -0.2) is 35.8 Å². The third-order valence-corrected chi connectivity index (χ3v) is 2.39. The number of carbonyl (C=O) groups is 1. The van der Waals surface area contributed by atoms with Crippen LogP contribution in [0.1, 0.15) is 6.92 Å². The van der Waals surface area contributed by atoms with Crippen LogP contribution in [0.25, 0.3) is 0 Å². The van der Waals surface area contributed by atoms with Gasteiger partial charge in [-0.2, -0.15) is 11.8 Å². The Kier molecular flexibility index (Phi) is 6.34. The van der Waals surface area contributed by atoms with Gasteiger partial charge in [0.2, 0.25) is 5.91 Å². The predicted octanol–water partition coefficient (Wildman–Crippen LogP) is -0.881. The zero-order valence-electron chi connectivity index (χ0n) is 7.67. The van der Waals surface area contributed by atoms with Gasteiger partial charge in [-0.25, -0.2) is 0 Å². The van der Waals surface area contributed by atoms with E-state index in [2.05, 4.69) is 5.32 Å². The maximum atomic E-state index is 10.5. The lowest BCUT2D eigenvalue weighted by Gasteiger charge is -2.07. The molecule has 6 heteroatoms. The van der Waals surface area contributed by atoms with Gasteiger partial charge in [-0.15, -0.1) is 0 Å². The topological polar surface area (TPSA) is 105 Å². The highest BCUT2D eigenvalue weighted by Gasteiger charge is 2.07. The normalized spacial score (nSPS) is 12.2. The summed E-state index contributed by atoms with van der Waals surface area (Å²) in [6, 6.07) is -0.564. The number of rotatable bonds is 6. The van der Waals surface area contributed by atoms with Crippen LogP contribution in [0.3, 0.4) is 0 Å². The first-order valence-electron chi connectivity index (χ1n) is 3.95. The fourth-order valence-corrected chi connectivity index (χ4v) is 1.43. The Morgan fingerprint density at radius 3 is 2.77 bits per heavy atom. The van der Waals surface area contributed by atoms with E-state index >= 15 is 0 Å². The van der Waals surface area contributed by atoms with Crippen LogP contribution in [0.2, 0.25) is 0 Å². The lowest BCUT2D eigenvalue weighted by Crippen LogP contribution is -2.38. The molecule has 5 nitrogen and oxygen atoms in total. The van der Waals surface area contributed by atoms with Gasteiger partial charge in [0.1, 0.15) is 0 Å². The fraction of sp³-hybridized carbons (Fsp3) is 0.714. The van der Waals surface area contributed by atoms with Gasteiger partial charge in [-0.1, -0.05) is 0 Å². The van der Waals surface area contributed by atoms with E-state index in [1.165, 1.54) is 0 Å². The predicted molar refractivity (Wildman–Crippen MR) is 55.9 cm³/mol. The van der Waals surface area contributed by atoms with Crippen molar-refractivity contribution in [3.05, 3.63) is 0 Å². The number of carbonyl (C=O) groups excluding carboxylic acids is 1. The number of amides is 1. The summed E-state index contributed by atoms with van der Waals surface area (Å²) in [5, 5.41) is 9.92. The van der Waals surface area contributed by atoms with Crippen molar-refractivity contribution in [1.29, 1.82) is 5.41 Å². The second kappa shape index (κ2) is 6.73. The maximum absolute atomic E-state index is 10.5. The molecule has 0 bridgehead atoms. The standard InChI is InChI=1S/C7H16N4OS/c1-5(8)11-2-3-13-4-6(9)7(10)12/h6H,2-4,9H2,1H3,(H2,8,11)(H2,10,12). The Bertz CT molecular complexity index is 185. The molecule has 0 spiro atoms. The highest BCUT2D eigenvalue weighted by Crippen LogP contribution is 1.99. The summed E-state index contributed by atoms with van der Waals surface area (Å²) in [5.74, 6) is 1.33. The summed E-state index contributed by atoms with van der Waals surface area (Å²) in [6.07, 6.45) is 0. The molecule has 0 saturated carbocycles. The van der Waals surface area contributed by atoms with E-state index in [1.807, 2.05) is 0 Å². The first kappa shape index (κ1) is 12.2. The Morgan fingerprint density at radius 2 is 2.31 bits per heavy atom. The lowest BCUT2D eigenvalue weighted by atomic mass is 10.3. The molecule has 0 heterocycles. The molecule has 0 radical (unpaired) electrons. The molecule has 0 rings (SSSR count). The third kappa shape index (κ3) is 7.61. The second-order valence-corrected chi connectivity index (χ2v) is 3.79. The number of hydrogen-bond acceptors (Lipinski definition) is 4. The van der Waals surface area contributed by atoms with Crippen molar-refractivity contribution < 1.29 is 4.79 Å². The Hall–Kier alpha value is -0.750. The van der Waals surface area contributed by atoms with Crippen LogP contribution in [-0.2, 0) is 4.79 Å². The van der Waals surface area contributed by atoms with E-state index in [0.29, 0.717) is 18.1 Å². The smallest absolute Gasteiger partial charge is 0.235 e. The SMILES string of the molecule is CC(=N)NCCSCC(N)C(N)=O. The van der Waals surface area contributed by atoms with Crippen LogP contribution >= 0.6 is 11.8 Å². The highest BCUT2D eigenvalue weighted by atomic mass is 32.2. The summed E-state index contributed by atoms with van der Waals surface area (Å²) in [4.78, 5) is 10.5. The first-order chi connectivity index (χ1) is 6.04. The fourth-order valence-electron chi connectivity index (χ4n) is 0.603. The number of nitrogens with one attached hydrogen (secondary N) is 2. The molecule has 1 amide bonds. The average molecular weight is 204 g/mol. The highest BCUT2D eigenvalue weighted by molar-refractivity contribution is 7.99. The van der Waals surface area contributed by atoms with Crippen molar-refractivity contribution in [3.63, 3.8) is 0 Å². The van der Waals surface area contributed by atoms with Crippen LogP contribution in [0.4, 0.5) is 0 Å². The van der Waals surface area contributed by atoms with E-state index in [0.717, 1.165) is 5.75 Å². The van der Waals surface area contributed by atoms with E-state index in [1.54, 1.807) is 18.7 Å². The minimum Gasteiger partial charge on any atom is -0.373 e. The minimum atomic E-state index is -0.564. The molecule has 0 aromatic carbocycles. The summed E-state index contributed by atoms with van der Waals surface area (Å²) >= 11 is 1.55. The van der Waals surface area contributed by atoms with E-state index in [-0.39, 0.29) is 0 Å². The summed E-state index contributed by atoms with van der Waals surface area (Å²) in [7, 11) is 0. The van der Waals surface area contributed by atoms with Gasteiger partial charge in [0.05, 0.1) is 11.9 Å². The van der Waals surface area contributed by atoms with Crippen LogP contribution in [0, 0.1) is 5.41 Å². The van der Waals surface area contributed by atoms with Crippen LogP contribution < -0.4 is 16.8 Å². The number of amidine groups is 1. The van der Waals surface area contributed by atoms with Crippen molar-refractivity contribution in [3.8, 4) is 0 Å². The molecule has 6 N–H and O–H groups in total. The molecule has 0 aromatic heterocycles. The molecule has 1 atom stereocenters. The van der Waals surface area contributed by atoms with Gasteiger partial charge in [0.15, 0.2) is 0 Å². The van der Waals surface area contributed by atoms with E-state index < -0.39 is 11.9 Å². The van der Waals surface area contributed by atoms with Crippen molar-refractivity contribution in [2.45, 2.75) is 13.0 Å². The largest absolute Gasteiger partial charge is 0.373 e. The van der Waals surface area contributed by atoms with Gasteiger partial charge in [-0.3, -0.25) is 10.2 Å². The Balaban J connectivity index is 3.26. The summed E-state index contributed by atoms with van der Waals surface area (Å²) < 4.78 is 0. The van der Waals surface area contributed by atoms with Crippen LogP contribution in [0.5, 0.6) is 0 Å². The minimum absolute atomic E-state index is 0.444. The lowest BCUT2D eigenvalue weighted by molar-refractivity contribution is -0.118. The molecule has 0 fully saturated rings. The number of thioether (sulfide) groups is 1. The maximum Gasteiger partial charge on any atom is 0.235 e. The average Bonchev–Trinajstić information content (AvgIpc) is 2.02. The zero-order chi connectivity index (χ0) is 10.3. The Morgan fingerprint density at radius 1 is 1.69 bits per heavy atom. The number of primary amides is 1. The number of hydrogen-bond donors (Lipinski definition) is 4. The van der Waals surface area contributed by atoms with Crippen molar-refractivity contribution in [1.82, 2.24) is 5.32 Å². The first-order valence-corrected chi connectivity index (χ1v) is 5.11. The molecule has 0 saturated heterocycles. The molecule has 0 aromatic rings. The third-order valence-electron chi connectivity index (χ3n) is 1.30. The molecule has 1 unspecified atom stereocenters.